The van der Waals surface area contributed by atoms with E-state index in [0.717, 1.165) is 15.6 Å². The standard InChI is InChI=1S/C23H28ClN3O6S2/c1-3-18(28)14-27(35(31,32)21-12-16-4-5-17(24)13-20(16)34-21)19-6-7-26(23(19)30)15(2)22(29)25-8-10-33-11-9-25/h4-5,12-13,15,19H,3,6-11,14H2,1-2H3/t15-,19-/m0/s1. The van der Waals surface area contributed by atoms with E-state index < -0.39 is 34.6 Å². The number of amides is 2. The zero-order valence-corrected chi connectivity index (χ0v) is 22.0. The Morgan fingerprint density at radius 1 is 1.23 bits per heavy atom. The third-order valence-corrected chi connectivity index (χ3v) is 10.1. The fourth-order valence-electron chi connectivity index (χ4n) is 4.39. The third-order valence-electron chi connectivity index (χ3n) is 6.46. The molecule has 0 radical (unpaired) electrons. The molecule has 0 aliphatic carbocycles. The summed E-state index contributed by atoms with van der Waals surface area (Å²) in [6, 6.07) is 4.85. The quantitative estimate of drug-likeness (QED) is 0.508. The van der Waals surface area contributed by atoms with E-state index in [1.165, 1.54) is 11.0 Å². The first-order valence-corrected chi connectivity index (χ1v) is 14.2. The molecule has 2 aliphatic heterocycles. The maximum atomic E-state index is 13.7. The van der Waals surface area contributed by atoms with Crippen LogP contribution in [-0.4, -0.2) is 91.6 Å². The second-order valence-electron chi connectivity index (χ2n) is 8.64. The Morgan fingerprint density at radius 2 is 1.94 bits per heavy atom. The SMILES string of the molecule is CCC(=O)CN([C@H]1CCN([C@@H](C)C(=O)N2CCOCC2)C1=O)S(=O)(=O)c1cc2ccc(Cl)cc2s1. The average Bonchev–Trinajstić information content (AvgIpc) is 3.45. The molecule has 0 spiro atoms. The smallest absolute Gasteiger partial charge is 0.253 e. The number of fused-ring (bicyclic) bond motifs is 1. The van der Waals surface area contributed by atoms with Crippen LogP contribution >= 0.6 is 22.9 Å². The van der Waals surface area contributed by atoms with E-state index in [-0.39, 0.29) is 35.3 Å². The lowest BCUT2D eigenvalue weighted by Gasteiger charge is -2.33. The molecule has 0 bridgehead atoms. The average molecular weight is 542 g/mol. The van der Waals surface area contributed by atoms with Crippen LogP contribution in [-0.2, 0) is 29.1 Å². The first kappa shape index (κ1) is 26.0. The van der Waals surface area contributed by atoms with E-state index >= 15 is 0 Å². The fourth-order valence-corrected chi connectivity index (χ4v) is 7.79. The zero-order chi connectivity index (χ0) is 25.3. The Balaban J connectivity index is 1.61. The number of likely N-dealkylation sites (tertiary alicyclic amines) is 1. The summed E-state index contributed by atoms with van der Waals surface area (Å²) in [5.41, 5.74) is 0. The van der Waals surface area contributed by atoms with Gasteiger partial charge in [-0.3, -0.25) is 14.4 Å². The van der Waals surface area contributed by atoms with Crippen LogP contribution in [0.3, 0.4) is 0 Å². The number of morpholine rings is 1. The van der Waals surface area contributed by atoms with Crippen LogP contribution in [0.5, 0.6) is 0 Å². The molecule has 2 fully saturated rings. The van der Waals surface area contributed by atoms with Crippen molar-refractivity contribution >= 4 is 60.6 Å². The highest BCUT2D eigenvalue weighted by Crippen LogP contribution is 2.35. The lowest BCUT2D eigenvalue weighted by Crippen LogP contribution is -2.53. The molecule has 0 saturated carbocycles. The molecule has 0 N–H and O–H groups in total. The van der Waals surface area contributed by atoms with Crippen molar-refractivity contribution < 1.29 is 27.5 Å². The van der Waals surface area contributed by atoms with Crippen LogP contribution in [0.4, 0.5) is 0 Å². The molecule has 1 aromatic carbocycles. The molecule has 3 heterocycles. The number of benzene rings is 1. The van der Waals surface area contributed by atoms with Crippen molar-refractivity contribution in [1.82, 2.24) is 14.1 Å². The van der Waals surface area contributed by atoms with Gasteiger partial charge in [0.1, 0.15) is 22.1 Å². The first-order valence-electron chi connectivity index (χ1n) is 11.5. The van der Waals surface area contributed by atoms with Crippen LogP contribution in [0.1, 0.15) is 26.7 Å². The number of Topliss-reactive ketones (excluding diaryl/α,β-unsaturated/α-hetero) is 1. The number of carbonyl (C=O) groups excluding carboxylic acids is 3. The molecular formula is C23H28ClN3O6S2. The molecule has 2 amide bonds. The minimum atomic E-state index is -4.16. The van der Waals surface area contributed by atoms with Gasteiger partial charge in [-0.2, -0.15) is 4.31 Å². The molecule has 12 heteroatoms. The van der Waals surface area contributed by atoms with Gasteiger partial charge in [0.15, 0.2) is 0 Å². The second-order valence-corrected chi connectivity index (χ2v) is 12.3. The Kier molecular flexibility index (Phi) is 7.82. The van der Waals surface area contributed by atoms with Crippen molar-refractivity contribution in [3.05, 3.63) is 29.3 Å². The molecule has 2 atom stereocenters. The Labute approximate surface area is 213 Å². The molecule has 2 aromatic rings. The molecule has 9 nitrogen and oxygen atoms in total. The third kappa shape index (κ3) is 5.24. The van der Waals surface area contributed by atoms with Crippen LogP contribution in [0.15, 0.2) is 28.5 Å². The van der Waals surface area contributed by atoms with Crippen molar-refractivity contribution in [2.75, 3.05) is 39.4 Å². The number of sulfonamides is 1. The van der Waals surface area contributed by atoms with E-state index in [4.69, 9.17) is 16.3 Å². The number of carbonyl (C=O) groups is 3. The van der Waals surface area contributed by atoms with Gasteiger partial charge < -0.3 is 14.5 Å². The molecule has 0 unspecified atom stereocenters. The van der Waals surface area contributed by atoms with Crippen LogP contribution in [0, 0.1) is 0 Å². The Hall–Kier alpha value is -2.05. The molecule has 1 aromatic heterocycles. The highest BCUT2D eigenvalue weighted by molar-refractivity contribution is 7.91. The number of hydrogen-bond donors (Lipinski definition) is 0. The number of ether oxygens (including phenoxy) is 1. The van der Waals surface area contributed by atoms with Gasteiger partial charge in [0.25, 0.3) is 10.0 Å². The van der Waals surface area contributed by atoms with Gasteiger partial charge in [0, 0.05) is 35.8 Å². The first-order chi connectivity index (χ1) is 16.6. The molecular weight excluding hydrogens is 514 g/mol. The van der Waals surface area contributed by atoms with Gasteiger partial charge in [0.2, 0.25) is 11.8 Å². The number of halogens is 1. The summed E-state index contributed by atoms with van der Waals surface area (Å²) in [5.74, 6) is -0.945. The number of thiophene rings is 1. The molecule has 2 aliphatic rings. The van der Waals surface area contributed by atoms with Gasteiger partial charge in [0.05, 0.1) is 19.8 Å². The monoisotopic (exact) mass is 541 g/mol. The summed E-state index contributed by atoms with van der Waals surface area (Å²) >= 11 is 7.11. The van der Waals surface area contributed by atoms with Crippen LogP contribution in [0.2, 0.25) is 5.02 Å². The molecule has 4 rings (SSSR count). The van der Waals surface area contributed by atoms with Gasteiger partial charge in [-0.25, -0.2) is 8.42 Å². The van der Waals surface area contributed by atoms with E-state index in [1.54, 1.807) is 36.9 Å². The molecule has 35 heavy (non-hydrogen) atoms. The van der Waals surface area contributed by atoms with Crippen molar-refractivity contribution in [1.29, 1.82) is 0 Å². The normalized spacial score (nSPS) is 20.1. The second kappa shape index (κ2) is 10.5. The number of nitrogens with zero attached hydrogens (tertiary/aromatic N) is 3. The summed E-state index contributed by atoms with van der Waals surface area (Å²) in [6.45, 7) is 4.94. The van der Waals surface area contributed by atoms with E-state index in [1.807, 2.05) is 0 Å². The van der Waals surface area contributed by atoms with E-state index in [9.17, 15) is 22.8 Å². The number of ketones is 1. The summed E-state index contributed by atoms with van der Waals surface area (Å²) in [7, 11) is -4.16. The maximum absolute atomic E-state index is 13.7. The maximum Gasteiger partial charge on any atom is 0.253 e. The molecule has 190 valence electrons. The van der Waals surface area contributed by atoms with Crippen molar-refractivity contribution in [2.24, 2.45) is 0 Å². The van der Waals surface area contributed by atoms with Crippen molar-refractivity contribution in [3.63, 3.8) is 0 Å². The predicted molar refractivity (Wildman–Crippen MR) is 133 cm³/mol. The fraction of sp³-hybridized carbons (Fsp3) is 0.522. The highest BCUT2D eigenvalue weighted by Gasteiger charge is 2.45. The van der Waals surface area contributed by atoms with Crippen molar-refractivity contribution in [2.45, 2.75) is 43.0 Å². The number of rotatable bonds is 8. The van der Waals surface area contributed by atoms with E-state index in [0.29, 0.717) is 41.4 Å². The summed E-state index contributed by atoms with van der Waals surface area (Å²) in [4.78, 5) is 41.9. The van der Waals surface area contributed by atoms with Gasteiger partial charge in [-0.05, 0) is 36.9 Å². The Bertz CT molecular complexity index is 1240. The topological polar surface area (TPSA) is 104 Å². The lowest BCUT2D eigenvalue weighted by molar-refractivity contribution is -0.146. The predicted octanol–water partition coefficient (Wildman–Crippen LogP) is 2.37. The Morgan fingerprint density at radius 3 is 2.63 bits per heavy atom. The van der Waals surface area contributed by atoms with Gasteiger partial charge in [-0.1, -0.05) is 24.6 Å². The van der Waals surface area contributed by atoms with E-state index in [2.05, 4.69) is 0 Å². The van der Waals surface area contributed by atoms with Gasteiger partial charge >= 0.3 is 0 Å². The van der Waals surface area contributed by atoms with Crippen molar-refractivity contribution in [3.8, 4) is 0 Å². The summed E-state index contributed by atoms with van der Waals surface area (Å²) < 4.78 is 34.5. The zero-order valence-electron chi connectivity index (χ0n) is 19.6. The summed E-state index contributed by atoms with van der Waals surface area (Å²) in [5, 5.41) is 1.20. The van der Waals surface area contributed by atoms with Crippen LogP contribution in [0.25, 0.3) is 10.1 Å². The van der Waals surface area contributed by atoms with Crippen LogP contribution < -0.4 is 0 Å². The summed E-state index contributed by atoms with van der Waals surface area (Å²) in [6.07, 6.45) is 0.344. The lowest BCUT2D eigenvalue weighted by atomic mass is 10.2. The largest absolute Gasteiger partial charge is 0.378 e. The minimum Gasteiger partial charge on any atom is -0.378 e. The minimum absolute atomic E-state index is 0.0439. The molecule has 2 saturated heterocycles. The van der Waals surface area contributed by atoms with Gasteiger partial charge in [-0.15, -0.1) is 11.3 Å². The number of hydrogen-bond acceptors (Lipinski definition) is 7. The highest BCUT2D eigenvalue weighted by atomic mass is 35.5.